The molecule has 26 heavy (non-hydrogen) atoms. The standard InChI is InChI=1S/C21H28N2O3/c1-4-19(24)22-21(11-12-21)17-9-13-23(14-10-17)20(25)16-5-7-18(8-6-16)26-15(2)3/h4-8,15,17H,1,9-14H2,2-3H3,(H,22,24). The van der Waals surface area contributed by atoms with Gasteiger partial charge in [-0.05, 0) is 75.8 Å². The van der Waals surface area contributed by atoms with E-state index in [1.54, 1.807) is 0 Å². The number of amides is 2. The summed E-state index contributed by atoms with van der Waals surface area (Å²) >= 11 is 0. The van der Waals surface area contributed by atoms with Crippen molar-refractivity contribution in [1.82, 2.24) is 10.2 Å². The molecule has 2 aliphatic rings. The van der Waals surface area contributed by atoms with Crippen LogP contribution in [0.2, 0.25) is 0 Å². The van der Waals surface area contributed by atoms with Gasteiger partial charge in [0.25, 0.3) is 5.91 Å². The summed E-state index contributed by atoms with van der Waals surface area (Å²) in [6.45, 7) is 8.96. The lowest BCUT2D eigenvalue weighted by Crippen LogP contribution is -2.48. The van der Waals surface area contributed by atoms with E-state index in [2.05, 4.69) is 11.9 Å². The number of carbonyl (C=O) groups is 2. The van der Waals surface area contributed by atoms with Crippen LogP contribution in [0.5, 0.6) is 5.75 Å². The first-order valence-corrected chi connectivity index (χ1v) is 9.44. The monoisotopic (exact) mass is 356 g/mol. The van der Waals surface area contributed by atoms with Gasteiger partial charge in [-0.15, -0.1) is 0 Å². The smallest absolute Gasteiger partial charge is 0.253 e. The van der Waals surface area contributed by atoms with Crippen molar-refractivity contribution in [1.29, 1.82) is 0 Å². The molecule has 2 fully saturated rings. The fourth-order valence-corrected chi connectivity index (χ4v) is 3.83. The number of hydrogen-bond donors (Lipinski definition) is 1. The zero-order valence-corrected chi connectivity index (χ0v) is 15.7. The Labute approximate surface area is 155 Å². The second-order valence-corrected chi connectivity index (χ2v) is 7.61. The van der Waals surface area contributed by atoms with Crippen LogP contribution in [0.4, 0.5) is 0 Å². The molecule has 5 heteroatoms. The van der Waals surface area contributed by atoms with Gasteiger partial charge in [0.05, 0.1) is 6.10 Å². The second-order valence-electron chi connectivity index (χ2n) is 7.61. The van der Waals surface area contributed by atoms with E-state index >= 15 is 0 Å². The minimum absolute atomic E-state index is 0.0593. The molecule has 0 spiro atoms. The second kappa shape index (κ2) is 7.52. The van der Waals surface area contributed by atoms with Crippen molar-refractivity contribution < 1.29 is 14.3 Å². The molecule has 2 amide bonds. The van der Waals surface area contributed by atoms with Crippen LogP contribution < -0.4 is 10.1 Å². The van der Waals surface area contributed by atoms with Gasteiger partial charge >= 0.3 is 0 Å². The topological polar surface area (TPSA) is 58.6 Å². The summed E-state index contributed by atoms with van der Waals surface area (Å²) in [5.41, 5.74) is 0.636. The molecule has 1 aromatic carbocycles. The number of piperidine rings is 1. The Bertz CT molecular complexity index is 669. The van der Waals surface area contributed by atoms with Crippen molar-refractivity contribution in [3.8, 4) is 5.75 Å². The third-order valence-corrected chi connectivity index (χ3v) is 5.38. The summed E-state index contributed by atoms with van der Waals surface area (Å²) in [7, 11) is 0. The summed E-state index contributed by atoms with van der Waals surface area (Å²) in [6, 6.07) is 7.37. The van der Waals surface area contributed by atoms with Crippen molar-refractivity contribution in [2.45, 2.75) is 51.2 Å². The van der Waals surface area contributed by atoms with Gasteiger partial charge in [0.1, 0.15) is 5.75 Å². The predicted octanol–water partition coefficient (Wildman–Crippen LogP) is 3.16. The number of ether oxygens (including phenoxy) is 1. The van der Waals surface area contributed by atoms with Gasteiger partial charge < -0.3 is 15.0 Å². The van der Waals surface area contributed by atoms with Crippen LogP contribution in [0.1, 0.15) is 49.9 Å². The van der Waals surface area contributed by atoms with Crippen molar-refractivity contribution in [3.63, 3.8) is 0 Å². The van der Waals surface area contributed by atoms with E-state index in [1.807, 2.05) is 43.0 Å². The summed E-state index contributed by atoms with van der Waals surface area (Å²) in [6.07, 6.45) is 5.37. The summed E-state index contributed by atoms with van der Waals surface area (Å²) in [4.78, 5) is 26.3. The van der Waals surface area contributed by atoms with Gasteiger partial charge in [-0.25, -0.2) is 0 Å². The zero-order chi connectivity index (χ0) is 18.7. The quantitative estimate of drug-likeness (QED) is 0.797. The number of carbonyl (C=O) groups excluding carboxylic acids is 2. The summed E-state index contributed by atoms with van der Waals surface area (Å²) in [5, 5.41) is 3.11. The molecular weight excluding hydrogens is 328 g/mol. The van der Waals surface area contributed by atoms with Crippen molar-refractivity contribution in [2.75, 3.05) is 13.1 Å². The van der Waals surface area contributed by atoms with Crippen LogP contribution in [0.15, 0.2) is 36.9 Å². The molecule has 1 heterocycles. The highest BCUT2D eigenvalue weighted by Crippen LogP contribution is 2.46. The maximum Gasteiger partial charge on any atom is 0.253 e. The molecule has 1 aromatic rings. The largest absolute Gasteiger partial charge is 0.491 e. The molecule has 1 N–H and O–H groups in total. The first-order valence-electron chi connectivity index (χ1n) is 9.44. The molecule has 1 saturated heterocycles. The van der Waals surface area contributed by atoms with E-state index in [1.165, 1.54) is 6.08 Å². The average Bonchev–Trinajstić information content (AvgIpc) is 3.42. The lowest BCUT2D eigenvalue weighted by molar-refractivity contribution is -0.118. The van der Waals surface area contributed by atoms with Crippen LogP contribution in [0.25, 0.3) is 0 Å². The Morgan fingerprint density at radius 1 is 1.23 bits per heavy atom. The highest BCUT2D eigenvalue weighted by molar-refractivity contribution is 5.94. The molecule has 0 atom stereocenters. The number of likely N-dealkylation sites (tertiary alicyclic amines) is 1. The summed E-state index contributed by atoms with van der Waals surface area (Å²) < 4.78 is 5.63. The van der Waals surface area contributed by atoms with E-state index in [0.717, 1.165) is 44.5 Å². The summed E-state index contributed by atoms with van der Waals surface area (Å²) in [5.74, 6) is 1.20. The van der Waals surface area contributed by atoms with Gasteiger partial charge in [0, 0.05) is 24.2 Å². The fraction of sp³-hybridized carbons (Fsp3) is 0.524. The SMILES string of the molecule is C=CC(=O)NC1(C2CCN(C(=O)c3ccc(OC(C)C)cc3)CC2)CC1. The fourth-order valence-electron chi connectivity index (χ4n) is 3.83. The molecule has 1 saturated carbocycles. The lowest BCUT2D eigenvalue weighted by atomic mass is 9.87. The van der Waals surface area contributed by atoms with Crippen LogP contribution in [-0.4, -0.2) is 41.4 Å². The average molecular weight is 356 g/mol. The number of benzene rings is 1. The van der Waals surface area contributed by atoms with Crippen LogP contribution in [0, 0.1) is 5.92 Å². The van der Waals surface area contributed by atoms with E-state index in [-0.39, 0.29) is 23.5 Å². The highest BCUT2D eigenvalue weighted by Gasteiger charge is 2.50. The number of rotatable bonds is 6. The number of hydrogen-bond acceptors (Lipinski definition) is 3. The van der Waals surface area contributed by atoms with Gasteiger partial charge in [-0.1, -0.05) is 6.58 Å². The number of nitrogens with zero attached hydrogens (tertiary/aromatic N) is 1. The molecule has 140 valence electrons. The first kappa shape index (κ1) is 18.5. The highest BCUT2D eigenvalue weighted by atomic mass is 16.5. The third-order valence-electron chi connectivity index (χ3n) is 5.38. The van der Waals surface area contributed by atoms with Gasteiger partial charge in [0.15, 0.2) is 0 Å². The Morgan fingerprint density at radius 2 is 1.85 bits per heavy atom. The van der Waals surface area contributed by atoms with Crippen molar-refractivity contribution in [2.24, 2.45) is 5.92 Å². The molecule has 0 bridgehead atoms. The predicted molar refractivity (Wildman–Crippen MR) is 101 cm³/mol. The zero-order valence-electron chi connectivity index (χ0n) is 15.7. The molecular formula is C21H28N2O3. The number of nitrogens with one attached hydrogen (secondary N) is 1. The molecule has 1 aliphatic heterocycles. The molecule has 0 aromatic heterocycles. The third kappa shape index (κ3) is 4.09. The van der Waals surface area contributed by atoms with Crippen molar-refractivity contribution >= 4 is 11.8 Å². The van der Waals surface area contributed by atoms with Gasteiger partial charge in [-0.3, -0.25) is 9.59 Å². The van der Waals surface area contributed by atoms with E-state index in [9.17, 15) is 9.59 Å². The van der Waals surface area contributed by atoms with Crippen molar-refractivity contribution in [3.05, 3.63) is 42.5 Å². The van der Waals surface area contributed by atoms with Gasteiger partial charge in [0.2, 0.25) is 5.91 Å². The van der Waals surface area contributed by atoms with E-state index in [4.69, 9.17) is 4.74 Å². The normalized spacial score (nSPS) is 19.1. The minimum Gasteiger partial charge on any atom is -0.491 e. The molecule has 1 aliphatic carbocycles. The molecule has 5 nitrogen and oxygen atoms in total. The first-order chi connectivity index (χ1) is 12.4. The van der Waals surface area contributed by atoms with Crippen LogP contribution in [0.3, 0.4) is 0 Å². The maximum absolute atomic E-state index is 12.7. The Balaban J connectivity index is 1.55. The van der Waals surface area contributed by atoms with Crippen LogP contribution in [-0.2, 0) is 4.79 Å². The molecule has 0 radical (unpaired) electrons. The van der Waals surface area contributed by atoms with E-state index < -0.39 is 0 Å². The molecule has 0 unspecified atom stereocenters. The minimum atomic E-state index is -0.0929. The van der Waals surface area contributed by atoms with Crippen LogP contribution >= 0.6 is 0 Å². The van der Waals surface area contributed by atoms with E-state index in [0.29, 0.717) is 11.5 Å². The molecule has 3 rings (SSSR count). The van der Waals surface area contributed by atoms with Gasteiger partial charge in [-0.2, -0.15) is 0 Å². The Kier molecular flexibility index (Phi) is 5.35. The lowest BCUT2D eigenvalue weighted by Gasteiger charge is -2.36. The maximum atomic E-state index is 12.7. The Morgan fingerprint density at radius 3 is 2.35 bits per heavy atom. The Hall–Kier alpha value is -2.30.